The smallest absolute Gasteiger partial charge is 0.236 e. The van der Waals surface area contributed by atoms with Crippen molar-refractivity contribution >= 4 is 29.2 Å². The first kappa shape index (κ1) is 7.43. The number of amides is 1. The van der Waals surface area contributed by atoms with Gasteiger partial charge >= 0.3 is 0 Å². The average molecular weight is 177 g/mol. The summed E-state index contributed by atoms with van der Waals surface area (Å²) in [6.07, 6.45) is 0. The normalized spacial score (nSPS) is 20.0. The van der Waals surface area contributed by atoms with Crippen LogP contribution in [0.3, 0.4) is 0 Å². The lowest BCUT2D eigenvalue weighted by atomic mass is 10.0. The lowest BCUT2D eigenvalue weighted by Gasteiger charge is -1.98. The van der Waals surface area contributed by atoms with Crippen LogP contribution in [0.5, 0.6) is 0 Å². The van der Waals surface area contributed by atoms with Crippen molar-refractivity contribution in [2.75, 3.05) is 5.32 Å². The van der Waals surface area contributed by atoms with Crippen LogP contribution in [0.2, 0.25) is 0 Å². The van der Waals surface area contributed by atoms with Crippen LogP contribution in [-0.2, 0) is 4.79 Å². The second-order valence-electron chi connectivity index (χ2n) is 2.69. The molecule has 12 heavy (non-hydrogen) atoms. The van der Waals surface area contributed by atoms with Crippen molar-refractivity contribution in [2.24, 2.45) is 0 Å². The first-order valence-electron chi connectivity index (χ1n) is 3.68. The number of fused-ring (bicyclic) bond motifs is 1. The third-order valence-electron chi connectivity index (χ3n) is 1.97. The molecule has 1 aliphatic rings. The summed E-state index contributed by atoms with van der Waals surface area (Å²) < 4.78 is 0. The number of carbonyl (C=O) groups is 1. The number of carbonyl (C=O) groups excluding carboxylic acids is 1. The second kappa shape index (κ2) is 2.68. The van der Waals surface area contributed by atoms with E-state index in [0.717, 1.165) is 11.3 Å². The summed E-state index contributed by atoms with van der Waals surface area (Å²) in [5.74, 6) is -0.262. The first-order chi connectivity index (χ1) is 5.83. The zero-order valence-electron chi connectivity index (χ0n) is 6.28. The van der Waals surface area contributed by atoms with Gasteiger partial charge < -0.3 is 5.32 Å². The van der Waals surface area contributed by atoms with Crippen molar-refractivity contribution in [3.05, 3.63) is 29.8 Å². The van der Waals surface area contributed by atoms with Crippen molar-refractivity contribution in [2.45, 2.75) is 5.92 Å². The van der Waals surface area contributed by atoms with Crippen LogP contribution in [0.4, 0.5) is 5.69 Å². The number of rotatable bonds is 1. The fourth-order valence-electron chi connectivity index (χ4n) is 1.37. The van der Waals surface area contributed by atoms with Crippen LogP contribution in [0, 0.1) is 0 Å². The molecular weight excluding hydrogens is 170 g/mol. The Hall–Kier alpha value is -1.22. The van der Waals surface area contributed by atoms with Crippen LogP contribution < -0.4 is 5.32 Å². The van der Waals surface area contributed by atoms with Crippen molar-refractivity contribution in [1.29, 1.82) is 0 Å². The Morgan fingerprint density at radius 1 is 1.42 bits per heavy atom. The third kappa shape index (κ3) is 0.940. The van der Waals surface area contributed by atoms with Crippen LogP contribution in [-0.4, -0.2) is 11.3 Å². The van der Waals surface area contributed by atoms with E-state index in [-0.39, 0.29) is 11.8 Å². The highest BCUT2D eigenvalue weighted by atomic mass is 32.1. The van der Waals surface area contributed by atoms with Crippen molar-refractivity contribution in [3.63, 3.8) is 0 Å². The van der Waals surface area contributed by atoms with E-state index in [2.05, 4.69) is 5.32 Å². The minimum absolute atomic E-state index is 0.0220. The molecule has 1 aromatic carbocycles. The fourth-order valence-corrected chi connectivity index (χ4v) is 1.64. The molecule has 0 saturated carbocycles. The zero-order chi connectivity index (χ0) is 8.55. The molecule has 1 N–H and O–H groups in total. The standard InChI is InChI=1S/C9H7NOS/c11-9-7(5-12)6-3-1-2-4-8(6)10-9/h1-5,7H,(H,10,11). The Morgan fingerprint density at radius 2 is 2.17 bits per heavy atom. The molecule has 2 rings (SSSR count). The Balaban J connectivity index is 2.54. The predicted octanol–water partition coefficient (Wildman–Crippen LogP) is 1.72. The average Bonchev–Trinajstić information content (AvgIpc) is 2.40. The Kier molecular flexibility index (Phi) is 1.66. The quantitative estimate of drug-likeness (QED) is 0.662. The molecule has 0 aromatic heterocycles. The summed E-state index contributed by atoms with van der Waals surface area (Å²) in [7, 11) is 0. The van der Waals surface area contributed by atoms with Gasteiger partial charge in [-0.15, -0.1) is 0 Å². The molecule has 1 amide bonds. The van der Waals surface area contributed by atoms with Crippen molar-refractivity contribution in [3.8, 4) is 0 Å². The number of para-hydroxylation sites is 1. The lowest BCUT2D eigenvalue weighted by molar-refractivity contribution is -0.115. The highest BCUT2D eigenvalue weighted by Crippen LogP contribution is 2.30. The summed E-state index contributed by atoms with van der Waals surface area (Å²) in [6, 6.07) is 7.60. The molecule has 0 aliphatic carbocycles. The number of anilines is 1. The van der Waals surface area contributed by atoms with E-state index in [9.17, 15) is 4.79 Å². The minimum atomic E-state index is -0.240. The van der Waals surface area contributed by atoms with Crippen LogP contribution in [0.15, 0.2) is 24.3 Å². The van der Waals surface area contributed by atoms with Gasteiger partial charge in [-0.2, -0.15) is 0 Å². The summed E-state index contributed by atoms with van der Waals surface area (Å²) in [6.45, 7) is 0. The molecule has 3 heteroatoms. The van der Waals surface area contributed by atoms with Crippen LogP contribution in [0.1, 0.15) is 11.5 Å². The van der Waals surface area contributed by atoms with E-state index in [1.807, 2.05) is 24.3 Å². The predicted molar refractivity (Wildman–Crippen MR) is 51.5 cm³/mol. The van der Waals surface area contributed by atoms with E-state index in [1.54, 1.807) is 0 Å². The molecule has 0 fully saturated rings. The van der Waals surface area contributed by atoms with E-state index in [4.69, 9.17) is 12.2 Å². The molecule has 1 heterocycles. The molecule has 1 aromatic rings. The van der Waals surface area contributed by atoms with E-state index in [0.29, 0.717) is 0 Å². The molecule has 1 unspecified atom stereocenters. The van der Waals surface area contributed by atoms with Crippen LogP contribution in [0.25, 0.3) is 0 Å². The number of nitrogens with one attached hydrogen (secondary N) is 1. The first-order valence-corrected chi connectivity index (χ1v) is 4.15. The highest BCUT2D eigenvalue weighted by molar-refractivity contribution is 7.79. The topological polar surface area (TPSA) is 29.1 Å². The monoisotopic (exact) mass is 177 g/mol. The summed E-state index contributed by atoms with van der Waals surface area (Å²) in [5.41, 5.74) is 1.87. The molecular formula is C9H7NOS. The van der Waals surface area contributed by atoms with Gasteiger partial charge in [-0.1, -0.05) is 30.4 Å². The second-order valence-corrected chi connectivity index (χ2v) is 2.96. The van der Waals surface area contributed by atoms with Gasteiger partial charge in [0.25, 0.3) is 0 Å². The van der Waals surface area contributed by atoms with E-state index >= 15 is 0 Å². The number of thiocarbonyl (C=S) groups is 1. The van der Waals surface area contributed by atoms with Crippen molar-refractivity contribution in [1.82, 2.24) is 0 Å². The Labute approximate surface area is 75.6 Å². The lowest BCUT2D eigenvalue weighted by Crippen LogP contribution is -2.11. The minimum Gasteiger partial charge on any atom is -0.325 e. The third-order valence-corrected chi connectivity index (χ3v) is 2.24. The van der Waals surface area contributed by atoms with Crippen molar-refractivity contribution < 1.29 is 4.79 Å². The zero-order valence-corrected chi connectivity index (χ0v) is 7.10. The van der Waals surface area contributed by atoms with Gasteiger partial charge in [-0.3, -0.25) is 4.79 Å². The molecule has 0 radical (unpaired) electrons. The Morgan fingerprint density at radius 3 is 2.92 bits per heavy atom. The maximum atomic E-state index is 11.3. The highest BCUT2D eigenvalue weighted by Gasteiger charge is 2.27. The summed E-state index contributed by atoms with van der Waals surface area (Å²) >= 11 is 4.78. The molecule has 0 bridgehead atoms. The Bertz CT molecular complexity index is 348. The van der Waals surface area contributed by atoms with Gasteiger partial charge in [-0.25, -0.2) is 0 Å². The van der Waals surface area contributed by atoms with E-state index < -0.39 is 0 Å². The summed E-state index contributed by atoms with van der Waals surface area (Å²) in [4.78, 5) is 11.3. The SMILES string of the molecule is O=C1Nc2ccccc2C1C=S. The van der Waals surface area contributed by atoms with Gasteiger partial charge in [0.05, 0.1) is 5.92 Å². The van der Waals surface area contributed by atoms with Gasteiger partial charge in [0.2, 0.25) is 5.91 Å². The molecule has 1 atom stereocenters. The van der Waals surface area contributed by atoms with Gasteiger partial charge in [0, 0.05) is 5.69 Å². The summed E-state index contributed by atoms with van der Waals surface area (Å²) in [5, 5.41) is 4.26. The maximum absolute atomic E-state index is 11.3. The van der Waals surface area contributed by atoms with Gasteiger partial charge in [-0.05, 0) is 17.0 Å². The number of benzene rings is 1. The molecule has 0 saturated heterocycles. The molecule has 2 nitrogen and oxygen atoms in total. The van der Waals surface area contributed by atoms with Gasteiger partial charge in [0.15, 0.2) is 0 Å². The number of hydrogen-bond donors (Lipinski definition) is 1. The number of hydrogen-bond acceptors (Lipinski definition) is 2. The fraction of sp³-hybridized carbons (Fsp3) is 0.111. The molecule has 1 aliphatic heterocycles. The van der Waals surface area contributed by atoms with Gasteiger partial charge in [0.1, 0.15) is 0 Å². The van der Waals surface area contributed by atoms with Crippen LogP contribution >= 0.6 is 12.2 Å². The maximum Gasteiger partial charge on any atom is 0.236 e. The molecule has 60 valence electrons. The largest absolute Gasteiger partial charge is 0.325 e. The van der Waals surface area contributed by atoms with E-state index in [1.165, 1.54) is 5.37 Å². The molecule has 0 spiro atoms.